The number of carbonyl (C=O) groups excluding carboxylic acids is 1. The molecule has 0 heterocycles. The number of hydrogen-bond donors (Lipinski definition) is 1. The molecule has 1 aromatic rings. The topological polar surface area (TPSA) is 43.1 Å². The van der Waals surface area contributed by atoms with Gasteiger partial charge in [-0.25, -0.2) is 0 Å². The van der Waals surface area contributed by atoms with Crippen LogP contribution in [0.5, 0.6) is 0 Å². The van der Waals surface area contributed by atoms with Gasteiger partial charge in [-0.2, -0.15) is 13.2 Å². The summed E-state index contributed by atoms with van der Waals surface area (Å²) in [5.41, 5.74) is 4.24. The summed E-state index contributed by atoms with van der Waals surface area (Å²) >= 11 is 4.44. The van der Waals surface area contributed by atoms with E-state index in [0.29, 0.717) is 0 Å². The van der Waals surface area contributed by atoms with E-state index >= 15 is 0 Å². The van der Waals surface area contributed by atoms with E-state index in [9.17, 15) is 18.0 Å². The fourth-order valence-corrected chi connectivity index (χ4v) is 2.27. The predicted octanol–water partition coefficient (Wildman–Crippen LogP) is 3.17. The lowest BCUT2D eigenvalue weighted by molar-refractivity contribution is -0.138. The molecular weight excluding hydrogens is 390 g/mol. The Morgan fingerprint density at radius 3 is 2.33 bits per heavy atom. The molecule has 0 aliphatic rings. The van der Waals surface area contributed by atoms with Gasteiger partial charge >= 0.3 is 6.18 Å². The second kappa shape index (κ2) is 4.28. The quantitative estimate of drug-likeness (QED) is 0.732. The maximum absolute atomic E-state index is 12.4. The number of carbonyl (C=O) groups is 1. The van der Waals surface area contributed by atoms with Crippen LogP contribution in [-0.2, 0) is 6.18 Å². The van der Waals surface area contributed by atoms with Gasteiger partial charge in [0.1, 0.15) is 0 Å². The minimum absolute atomic E-state index is 0.0653. The minimum atomic E-state index is -4.45. The predicted molar refractivity (Wildman–Crippen MR) is 60.4 cm³/mol. The number of hydrogen-bond acceptors (Lipinski definition) is 1. The Hall–Kier alpha value is -0.310. The number of halogens is 5. The highest BCUT2D eigenvalue weighted by molar-refractivity contribution is 14.1. The van der Waals surface area contributed by atoms with Crippen LogP contribution in [0.1, 0.15) is 15.9 Å². The summed E-state index contributed by atoms with van der Waals surface area (Å²) in [5.74, 6) is -0.756. The number of benzene rings is 1. The van der Waals surface area contributed by atoms with Crippen LogP contribution < -0.4 is 5.73 Å². The molecule has 15 heavy (non-hydrogen) atoms. The van der Waals surface area contributed by atoms with E-state index in [2.05, 4.69) is 15.9 Å². The number of nitrogens with two attached hydrogens (primary N) is 1. The van der Waals surface area contributed by atoms with Gasteiger partial charge in [0.05, 0.1) is 11.1 Å². The van der Waals surface area contributed by atoms with Crippen molar-refractivity contribution in [2.75, 3.05) is 0 Å². The SMILES string of the molecule is NC(=O)c1ccc(C(F)(F)F)c(Br)c1I. The lowest BCUT2D eigenvalue weighted by atomic mass is 10.1. The van der Waals surface area contributed by atoms with E-state index in [1.54, 1.807) is 22.6 Å². The van der Waals surface area contributed by atoms with Crippen molar-refractivity contribution in [3.63, 3.8) is 0 Å². The van der Waals surface area contributed by atoms with E-state index in [-0.39, 0.29) is 13.6 Å². The Labute approximate surface area is 105 Å². The van der Waals surface area contributed by atoms with Crippen LogP contribution in [-0.4, -0.2) is 5.91 Å². The first-order valence-electron chi connectivity index (χ1n) is 3.60. The van der Waals surface area contributed by atoms with Gasteiger partial charge in [-0.05, 0) is 50.7 Å². The number of alkyl halides is 3. The molecule has 2 N–H and O–H groups in total. The molecule has 0 aliphatic heterocycles. The highest BCUT2D eigenvalue weighted by atomic mass is 127. The lowest BCUT2D eigenvalue weighted by Gasteiger charge is -2.11. The van der Waals surface area contributed by atoms with E-state index < -0.39 is 17.6 Å². The molecule has 0 unspecified atom stereocenters. The van der Waals surface area contributed by atoms with E-state index in [4.69, 9.17) is 5.73 Å². The van der Waals surface area contributed by atoms with Gasteiger partial charge in [0, 0.05) is 8.04 Å². The van der Waals surface area contributed by atoms with E-state index in [1.807, 2.05) is 0 Å². The molecule has 1 amide bonds. The molecule has 7 heteroatoms. The zero-order chi connectivity index (χ0) is 11.8. The van der Waals surface area contributed by atoms with Crippen LogP contribution in [0.4, 0.5) is 13.2 Å². The number of rotatable bonds is 1. The van der Waals surface area contributed by atoms with Gasteiger partial charge in [0.2, 0.25) is 5.91 Å². The maximum atomic E-state index is 12.4. The van der Waals surface area contributed by atoms with Gasteiger partial charge in [0.25, 0.3) is 0 Å². The van der Waals surface area contributed by atoms with Gasteiger partial charge in [-0.1, -0.05) is 0 Å². The van der Waals surface area contributed by atoms with E-state index in [0.717, 1.165) is 12.1 Å². The number of amides is 1. The number of primary amides is 1. The molecule has 0 bridgehead atoms. The van der Waals surface area contributed by atoms with Crippen molar-refractivity contribution in [2.45, 2.75) is 6.18 Å². The summed E-state index contributed by atoms with van der Waals surface area (Å²) in [7, 11) is 0. The molecule has 0 saturated heterocycles. The lowest BCUT2D eigenvalue weighted by Crippen LogP contribution is -2.15. The molecule has 0 spiro atoms. The largest absolute Gasteiger partial charge is 0.417 e. The second-order valence-corrected chi connectivity index (χ2v) is 4.52. The third-order valence-corrected chi connectivity index (χ3v) is 4.34. The highest BCUT2D eigenvalue weighted by Gasteiger charge is 2.34. The van der Waals surface area contributed by atoms with Gasteiger partial charge in [0.15, 0.2) is 0 Å². The molecule has 0 atom stereocenters. The fraction of sp³-hybridized carbons (Fsp3) is 0.125. The molecule has 0 saturated carbocycles. The fourth-order valence-electron chi connectivity index (χ4n) is 0.959. The zero-order valence-electron chi connectivity index (χ0n) is 7.03. The third kappa shape index (κ3) is 2.63. The summed E-state index contributed by atoms with van der Waals surface area (Å²) in [4.78, 5) is 10.9. The molecular formula is C8H4BrF3INO. The highest BCUT2D eigenvalue weighted by Crippen LogP contribution is 2.37. The van der Waals surface area contributed by atoms with Crippen molar-refractivity contribution in [2.24, 2.45) is 5.73 Å². The van der Waals surface area contributed by atoms with Crippen molar-refractivity contribution < 1.29 is 18.0 Å². The van der Waals surface area contributed by atoms with Crippen LogP contribution in [0, 0.1) is 3.57 Å². The van der Waals surface area contributed by atoms with Crippen LogP contribution in [0.15, 0.2) is 16.6 Å². The summed E-state index contributed by atoms with van der Waals surface area (Å²) in [6.07, 6.45) is -4.45. The Kier molecular flexibility index (Phi) is 3.64. The van der Waals surface area contributed by atoms with E-state index in [1.165, 1.54) is 0 Å². The van der Waals surface area contributed by atoms with Crippen LogP contribution >= 0.6 is 38.5 Å². The first-order valence-corrected chi connectivity index (χ1v) is 5.47. The molecule has 2 nitrogen and oxygen atoms in total. The second-order valence-electron chi connectivity index (χ2n) is 2.65. The Morgan fingerprint density at radius 1 is 1.40 bits per heavy atom. The molecule has 0 radical (unpaired) electrons. The smallest absolute Gasteiger partial charge is 0.366 e. The summed E-state index contributed by atoms with van der Waals surface area (Å²) < 4.78 is 37.2. The Morgan fingerprint density at radius 2 is 1.93 bits per heavy atom. The van der Waals surface area contributed by atoms with Crippen LogP contribution in [0.25, 0.3) is 0 Å². The standard InChI is InChI=1S/C8H4BrF3INO/c9-5-4(8(10,11)12)2-1-3(6(5)13)7(14)15/h1-2H,(H2,14,15). The van der Waals surface area contributed by atoms with Gasteiger partial charge < -0.3 is 5.73 Å². The van der Waals surface area contributed by atoms with Crippen molar-refractivity contribution in [1.29, 1.82) is 0 Å². The Bertz CT molecular complexity index is 419. The molecule has 1 aromatic carbocycles. The maximum Gasteiger partial charge on any atom is 0.417 e. The molecule has 1 rings (SSSR count). The summed E-state index contributed by atoms with van der Waals surface area (Å²) in [5, 5.41) is 0. The van der Waals surface area contributed by atoms with Crippen molar-refractivity contribution >= 4 is 44.4 Å². The van der Waals surface area contributed by atoms with Gasteiger partial charge in [-0.15, -0.1) is 0 Å². The van der Waals surface area contributed by atoms with Crippen molar-refractivity contribution in [3.05, 3.63) is 31.3 Å². The molecule has 0 fully saturated rings. The summed E-state index contributed by atoms with van der Waals surface area (Å²) in [6.45, 7) is 0. The summed E-state index contributed by atoms with van der Waals surface area (Å²) in [6, 6.07) is 1.89. The van der Waals surface area contributed by atoms with Crippen LogP contribution in [0.3, 0.4) is 0 Å². The monoisotopic (exact) mass is 393 g/mol. The van der Waals surface area contributed by atoms with Crippen molar-refractivity contribution in [3.8, 4) is 0 Å². The first-order chi connectivity index (χ1) is 6.75. The average Bonchev–Trinajstić information content (AvgIpc) is 2.06. The third-order valence-electron chi connectivity index (χ3n) is 1.65. The molecule has 82 valence electrons. The molecule has 0 aromatic heterocycles. The zero-order valence-corrected chi connectivity index (χ0v) is 10.8. The molecule has 0 aliphatic carbocycles. The normalized spacial score (nSPS) is 11.5. The Balaban J connectivity index is 3.41. The average molecular weight is 394 g/mol. The van der Waals surface area contributed by atoms with Crippen LogP contribution in [0.2, 0.25) is 0 Å². The first kappa shape index (κ1) is 12.8. The van der Waals surface area contributed by atoms with Crippen molar-refractivity contribution in [1.82, 2.24) is 0 Å². The minimum Gasteiger partial charge on any atom is -0.366 e. The van der Waals surface area contributed by atoms with Gasteiger partial charge in [-0.3, -0.25) is 4.79 Å².